The van der Waals surface area contributed by atoms with E-state index in [2.05, 4.69) is 5.10 Å². The van der Waals surface area contributed by atoms with Crippen LogP contribution in [0.2, 0.25) is 0 Å². The molecule has 1 saturated heterocycles. The van der Waals surface area contributed by atoms with Crippen LogP contribution in [-0.4, -0.2) is 64.9 Å². The van der Waals surface area contributed by atoms with Crippen molar-refractivity contribution in [1.29, 1.82) is 0 Å². The lowest BCUT2D eigenvalue weighted by molar-refractivity contribution is -0.141. The van der Waals surface area contributed by atoms with Gasteiger partial charge in [0.05, 0.1) is 29.0 Å². The second-order valence-electron chi connectivity index (χ2n) is 7.83. The summed E-state index contributed by atoms with van der Waals surface area (Å²) in [5, 5.41) is 4.45. The molecule has 0 unspecified atom stereocenters. The summed E-state index contributed by atoms with van der Waals surface area (Å²) in [6, 6.07) is 0.0712. The minimum atomic E-state index is -0.231. The number of likely N-dealkylation sites (tertiary alicyclic amines) is 1. The van der Waals surface area contributed by atoms with Gasteiger partial charge in [0, 0.05) is 39.4 Å². The molecular weight excluding hydrogens is 346 g/mol. The summed E-state index contributed by atoms with van der Waals surface area (Å²) in [6.07, 6.45) is 4.15. The van der Waals surface area contributed by atoms with E-state index in [1.165, 1.54) is 0 Å². The summed E-state index contributed by atoms with van der Waals surface area (Å²) >= 11 is 0. The van der Waals surface area contributed by atoms with Crippen LogP contribution in [0.25, 0.3) is 0 Å². The van der Waals surface area contributed by atoms with Gasteiger partial charge in [0.1, 0.15) is 0 Å². The van der Waals surface area contributed by atoms with Gasteiger partial charge in [0.15, 0.2) is 5.78 Å². The molecule has 3 atom stereocenters. The molecule has 2 heterocycles. The van der Waals surface area contributed by atoms with Gasteiger partial charge in [-0.25, -0.2) is 0 Å². The number of ketones is 1. The predicted molar refractivity (Wildman–Crippen MR) is 101 cm³/mol. The normalized spacial score (nSPS) is 27.7. The number of hydrogen-bond donors (Lipinski definition) is 0. The zero-order valence-corrected chi connectivity index (χ0v) is 17.1. The van der Waals surface area contributed by atoms with Crippen molar-refractivity contribution in [1.82, 2.24) is 14.7 Å². The van der Waals surface area contributed by atoms with E-state index in [9.17, 15) is 9.59 Å². The molecule has 0 spiro atoms. The van der Waals surface area contributed by atoms with Crippen LogP contribution in [0.5, 0.6) is 0 Å². The Morgan fingerprint density at radius 2 is 2.00 bits per heavy atom. The highest BCUT2D eigenvalue weighted by atomic mass is 16.5. The van der Waals surface area contributed by atoms with Crippen molar-refractivity contribution in [2.75, 3.05) is 20.8 Å². The van der Waals surface area contributed by atoms with Crippen LogP contribution in [0.3, 0.4) is 0 Å². The molecule has 0 radical (unpaired) electrons. The van der Waals surface area contributed by atoms with Crippen molar-refractivity contribution in [2.45, 2.75) is 77.2 Å². The van der Waals surface area contributed by atoms with Crippen LogP contribution in [0.4, 0.5) is 0 Å². The van der Waals surface area contributed by atoms with E-state index in [-0.39, 0.29) is 29.4 Å². The summed E-state index contributed by atoms with van der Waals surface area (Å²) < 4.78 is 13.2. The third-order valence-electron chi connectivity index (χ3n) is 6.47. The van der Waals surface area contributed by atoms with Gasteiger partial charge in [-0.2, -0.15) is 5.10 Å². The topological polar surface area (TPSA) is 73.7 Å². The van der Waals surface area contributed by atoms with E-state index in [0.29, 0.717) is 18.5 Å². The number of fused-ring (bicyclic) bond motifs is 1. The van der Waals surface area contributed by atoms with E-state index >= 15 is 0 Å². The fourth-order valence-electron chi connectivity index (χ4n) is 4.94. The van der Waals surface area contributed by atoms with Gasteiger partial charge in [-0.3, -0.25) is 14.3 Å². The van der Waals surface area contributed by atoms with Crippen LogP contribution in [0, 0.1) is 13.8 Å². The van der Waals surface area contributed by atoms with Gasteiger partial charge in [0.2, 0.25) is 5.91 Å². The zero-order valence-electron chi connectivity index (χ0n) is 17.1. The highest BCUT2D eigenvalue weighted by Crippen LogP contribution is 2.43. The fourth-order valence-corrected chi connectivity index (χ4v) is 4.94. The molecule has 150 valence electrons. The summed E-state index contributed by atoms with van der Waals surface area (Å²) in [7, 11) is 3.49. The van der Waals surface area contributed by atoms with Crippen molar-refractivity contribution in [2.24, 2.45) is 0 Å². The number of carbonyl (C=O) groups is 2. The Bertz CT molecular complexity index is 729. The summed E-state index contributed by atoms with van der Waals surface area (Å²) in [5.41, 5.74) is 1.99. The molecule has 1 aromatic rings. The first-order valence-electron chi connectivity index (χ1n) is 9.75. The van der Waals surface area contributed by atoms with Crippen LogP contribution >= 0.6 is 0 Å². The molecule has 27 heavy (non-hydrogen) atoms. The number of amides is 1. The Labute approximate surface area is 161 Å². The van der Waals surface area contributed by atoms with Crippen molar-refractivity contribution in [3.05, 3.63) is 17.0 Å². The van der Waals surface area contributed by atoms with Gasteiger partial charge in [-0.15, -0.1) is 0 Å². The number of ether oxygens (including phenoxy) is 2. The molecule has 1 saturated carbocycles. The van der Waals surface area contributed by atoms with E-state index in [1.54, 1.807) is 25.8 Å². The molecule has 1 aliphatic carbocycles. The number of carbonyl (C=O) groups excluding carboxylic acids is 2. The fraction of sp³-hybridized carbons (Fsp3) is 0.750. The lowest BCUT2D eigenvalue weighted by Crippen LogP contribution is -2.53. The quantitative estimate of drug-likeness (QED) is 0.711. The number of hydrogen-bond acceptors (Lipinski definition) is 5. The Morgan fingerprint density at radius 3 is 2.59 bits per heavy atom. The summed E-state index contributed by atoms with van der Waals surface area (Å²) in [4.78, 5) is 26.7. The number of aryl methyl sites for hydroxylation is 2. The summed E-state index contributed by atoms with van der Waals surface area (Å²) in [5.74, 6) is 0.132. The number of Topliss-reactive ketones (excluding diaryl/α,β-unsaturated/α-hetero) is 1. The highest BCUT2D eigenvalue weighted by Gasteiger charge is 2.52. The lowest BCUT2D eigenvalue weighted by Gasteiger charge is -2.43. The van der Waals surface area contributed by atoms with E-state index in [0.717, 1.165) is 43.6 Å². The smallest absolute Gasteiger partial charge is 0.224 e. The van der Waals surface area contributed by atoms with Crippen LogP contribution in [0.15, 0.2) is 0 Å². The first-order chi connectivity index (χ1) is 12.8. The molecule has 0 aromatic carbocycles. The lowest BCUT2D eigenvalue weighted by atomic mass is 9.79. The molecule has 2 aliphatic rings. The van der Waals surface area contributed by atoms with Crippen LogP contribution < -0.4 is 0 Å². The Morgan fingerprint density at radius 1 is 1.26 bits per heavy atom. The van der Waals surface area contributed by atoms with E-state index < -0.39 is 0 Å². The van der Waals surface area contributed by atoms with Gasteiger partial charge in [0.25, 0.3) is 0 Å². The van der Waals surface area contributed by atoms with Crippen molar-refractivity contribution in [3.8, 4) is 0 Å². The number of rotatable bonds is 6. The molecule has 3 rings (SSSR count). The minimum Gasteiger partial charge on any atom is -0.381 e. The van der Waals surface area contributed by atoms with Crippen molar-refractivity contribution in [3.63, 3.8) is 0 Å². The van der Waals surface area contributed by atoms with Crippen LogP contribution in [-0.2, 0) is 20.8 Å². The third-order valence-corrected chi connectivity index (χ3v) is 6.47. The van der Waals surface area contributed by atoms with E-state index in [4.69, 9.17) is 9.47 Å². The average molecular weight is 377 g/mol. The first-order valence-corrected chi connectivity index (χ1v) is 9.75. The largest absolute Gasteiger partial charge is 0.381 e. The molecule has 0 N–H and O–H groups in total. The summed E-state index contributed by atoms with van der Waals surface area (Å²) in [6.45, 7) is 6.48. The maximum atomic E-state index is 13.0. The monoisotopic (exact) mass is 377 g/mol. The highest BCUT2D eigenvalue weighted by molar-refractivity contribution is 5.96. The maximum absolute atomic E-state index is 13.0. The third kappa shape index (κ3) is 3.55. The first kappa shape index (κ1) is 20.0. The maximum Gasteiger partial charge on any atom is 0.224 e. The number of nitrogens with zero attached hydrogens (tertiary/aromatic N) is 3. The molecule has 1 aromatic heterocycles. The second kappa shape index (κ2) is 7.72. The van der Waals surface area contributed by atoms with Crippen molar-refractivity contribution < 1.29 is 19.1 Å². The van der Waals surface area contributed by atoms with Crippen LogP contribution in [0.1, 0.15) is 60.8 Å². The van der Waals surface area contributed by atoms with Gasteiger partial charge in [-0.1, -0.05) is 0 Å². The minimum absolute atomic E-state index is 0.0137. The molecule has 7 nitrogen and oxygen atoms in total. The Hall–Kier alpha value is -1.73. The molecule has 7 heteroatoms. The molecule has 0 bridgehead atoms. The standard InChI is InChI=1S/C20H31N3O4/c1-13-19(15(3)24)14(2)23(21-13)10-7-18(25)22-11-9-20(27-5)8-6-16(26-4)12-17(20)22/h16-17H,6-12H2,1-5H3/t16-,17+,20-/m1/s1. The second-order valence-corrected chi connectivity index (χ2v) is 7.83. The number of aromatic nitrogens is 2. The molecule has 1 amide bonds. The Kier molecular flexibility index (Phi) is 5.72. The average Bonchev–Trinajstić information content (AvgIpc) is 3.16. The van der Waals surface area contributed by atoms with Crippen molar-refractivity contribution >= 4 is 11.7 Å². The van der Waals surface area contributed by atoms with Gasteiger partial charge < -0.3 is 14.4 Å². The van der Waals surface area contributed by atoms with E-state index in [1.807, 2.05) is 18.7 Å². The van der Waals surface area contributed by atoms with Gasteiger partial charge >= 0.3 is 0 Å². The molecule has 2 fully saturated rings. The SMILES string of the molecule is CO[C@@H]1CC[C@@]2(OC)CCN(C(=O)CCn3nc(C)c(C(C)=O)c3C)[C@H]2C1. The zero-order chi connectivity index (χ0) is 19.8. The molecule has 1 aliphatic heterocycles. The Balaban J connectivity index is 1.70. The van der Waals surface area contributed by atoms with Gasteiger partial charge in [-0.05, 0) is 46.5 Å². The number of methoxy groups -OCH3 is 2. The molecular formula is C20H31N3O4. The predicted octanol–water partition coefficient (Wildman–Crippen LogP) is 2.28.